The van der Waals surface area contributed by atoms with Crippen molar-refractivity contribution in [2.45, 2.75) is 25.3 Å². The number of nitrogens with two attached hydrogens (primary N) is 1. The number of carbonyl (C=O) groups excluding carboxylic acids is 3. The first-order valence-corrected chi connectivity index (χ1v) is 9.61. The Morgan fingerprint density at radius 3 is 2.54 bits per heavy atom. The van der Waals surface area contributed by atoms with Gasteiger partial charge >= 0.3 is 5.97 Å². The molecule has 1 fully saturated rings. The first-order valence-electron chi connectivity index (χ1n) is 8.39. The monoisotopic (exact) mass is 421 g/mol. The van der Waals surface area contributed by atoms with Gasteiger partial charge in [-0.3, -0.25) is 19.3 Å². The molecule has 148 valence electrons. The zero-order chi connectivity index (χ0) is 20.7. The highest BCUT2D eigenvalue weighted by Gasteiger charge is 2.32. The summed E-state index contributed by atoms with van der Waals surface area (Å²) < 4.78 is 0.337. The van der Waals surface area contributed by atoms with E-state index in [9.17, 15) is 19.2 Å². The van der Waals surface area contributed by atoms with Crippen LogP contribution in [-0.2, 0) is 19.2 Å². The Kier molecular flexibility index (Phi) is 7.70. The second-order valence-corrected chi connectivity index (χ2v) is 7.63. The van der Waals surface area contributed by atoms with E-state index in [0.29, 0.717) is 9.23 Å². The van der Waals surface area contributed by atoms with Crippen molar-refractivity contribution in [3.63, 3.8) is 0 Å². The van der Waals surface area contributed by atoms with Gasteiger partial charge in [-0.05, 0) is 18.1 Å². The number of primary amides is 1. The van der Waals surface area contributed by atoms with Crippen molar-refractivity contribution in [2.24, 2.45) is 5.73 Å². The molecule has 1 atom stereocenters. The molecule has 1 aromatic carbocycles. The third-order valence-electron chi connectivity index (χ3n) is 3.85. The van der Waals surface area contributed by atoms with E-state index in [0.717, 1.165) is 17.3 Å². The lowest BCUT2D eigenvalue weighted by Crippen LogP contribution is -2.42. The Morgan fingerprint density at radius 1 is 1.25 bits per heavy atom. The topological polar surface area (TPSA) is 130 Å². The molecule has 0 aromatic heterocycles. The van der Waals surface area contributed by atoms with Crippen molar-refractivity contribution in [1.29, 1.82) is 0 Å². The molecule has 1 aromatic rings. The molecule has 0 radical (unpaired) electrons. The van der Waals surface area contributed by atoms with E-state index in [1.165, 1.54) is 4.90 Å². The van der Waals surface area contributed by atoms with E-state index in [1.807, 2.05) is 30.3 Å². The second kappa shape index (κ2) is 10.00. The average Bonchev–Trinajstić information content (AvgIpc) is 2.90. The van der Waals surface area contributed by atoms with Gasteiger partial charge in [-0.25, -0.2) is 4.79 Å². The van der Waals surface area contributed by atoms with Crippen LogP contribution in [0.1, 0.15) is 24.8 Å². The third-order valence-corrected chi connectivity index (χ3v) is 5.22. The number of hydrogen-bond donors (Lipinski definition) is 3. The van der Waals surface area contributed by atoms with Gasteiger partial charge < -0.3 is 16.2 Å². The average molecular weight is 422 g/mol. The molecular weight excluding hydrogens is 402 g/mol. The van der Waals surface area contributed by atoms with Crippen molar-refractivity contribution >= 4 is 58.1 Å². The number of carboxylic acid groups (broad SMARTS) is 1. The van der Waals surface area contributed by atoms with Crippen LogP contribution in [0.4, 0.5) is 0 Å². The Labute approximate surface area is 171 Å². The number of thioether (sulfide) groups is 1. The number of aliphatic carboxylic acids is 1. The van der Waals surface area contributed by atoms with E-state index < -0.39 is 23.8 Å². The van der Waals surface area contributed by atoms with E-state index in [2.05, 4.69) is 5.32 Å². The summed E-state index contributed by atoms with van der Waals surface area (Å²) >= 11 is 6.36. The minimum atomic E-state index is -1.26. The van der Waals surface area contributed by atoms with Gasteiger partial charge in [-0.1, -0.05) is 54.3 Å². The van der Waals surface area contributed by atoms with Crippen LogP contribution < -0.4 is 11.1 Å². The van der Waals surface area contributed by atoms with Crippen molar-refractivity contribution in [1.82, 2.24) is 10.2 Å². The van der Waals surface area contributed by atoms with Crippen molar-refractivity contribution < 1.29 is 24.3 Å². The van der Waals surface area contributed by atoms with E-state index in [1.54, 1.807) is 6.08 Å². The van der Waals surface area contributed by atoms with Crippen molar-refractivity contribution in [3.8, 4) is 0 Å². The number of hydrogen-bond acceptors (Lipinski definition) is 6. The molecule has 10 heteroatoms. The van der Waals surface area contributed by atoms with E-state index in [4.69, 9.17) is 23.1 Å². The molecule has 1 aliphatic rings. The summed E-state index contributed by atoms with van der Waals surface area (Å²) in [6, 6.07) is 8.08. The Bertz CT molecular complexity index is 826. The van der Waals surface area contributed by atoms with Gasteiger partial charge in [0.15, 0.2) is 0 Å². The van der Waals surface area contributed by atoms with Crippen LogP contribution in [0, 0.1) is 0 Å². The fraction of sp³-hybridized carbons (Fsp3) is 0.278. The first-order chi connectivity index (χ1) is 13.3. The lowest BCUT2D eigenvalue weighted by Gasteiger charge is -2.16. The summed E-state index contributed by atoms with van der Waals surface area (Å²) in [5.41, 5.74) is 5.86. The van der Waals surface area contributed by atoms with Gasteiger partial charge in [-0.2, -0.15) is 0 Å². The fourth-order valence-corrected chi connectivity index (χ4v) is 3.73. The van der Waals surface area contributed by atoms with Crippen molar-refractivity contribution in [3.05, 3.63) is 40.8 Å². The molecule has 28 heavy (non-hydrogen) atoms. The normalized spacial score (nSPS) is 16.3. The minimum Gasteiger partial charge on any atom is -0.480 e. The molecule has 0 aliphatic carbocycles. The van der Waals surface area contributed by atoms with Gasteiger partial charge in [0.2, 0.25) is 11.8 Å². The lowest BCUT2D eigenvalue weighted by atomic mass is 10.1. The van der Waals surface area contributed by atoms with Gasteiger partial charge in [0.25, 0.3) is 5.91 Å². The number of thiocarbonyl (C=S) groups is 1. The number of amides is 3. The van der Waals surface area contributed by atoms with Crippen LogP contribution >= 0.6 is 24.0 Å². The molecule has 1 heterocycles. The molecule has 1 saturated heterocycles. The number of carbonyl (C=O) groups is 4. The minimum absolute atomic E-state index is 0.0325. The number of carboxylic acids is 1. The summed E-state index contributed by atoms with van der Waals surface area (Å²) in [5.74, 6) is -2.76. The predicted octanol–water partition coefficient (Wildman–Crippen LogP) is 1.11. The van der Waals surface area contributed by atoms with E-state index in [-0.39, 0.29) is 31.7 Å². The van der Waals surface area contributed by atoms with Gasteiger partial charge in [0.1, 0.15) is 10.4 Å². The highest BCUT2D eigenvalue weighted by molar-refractivity contribution is 8.26. The molecule has 4 N–H and O–H groups in total. The Morgan fingerprint density at radius 2 is 1.93 bits per heavy atom. The van der Waals surface area contributed by atoms with Crippen LogP contribution in [-0.4, -0.2) is 50.6 Å². The molecule has 0 saturated carbocycles. The standard InChI is InChI=1S/C18H19N3O5S2/c19-14(22)7-6-12(17(25)26)20-15(23)8-9-21-16(24)13(28-18(21)27)10-11-4-2-1-3-5-11/h1-5,10,12H,6-9H2,(H2,19,22)(H,20,23)(H,25,26)/b13-10+/t12-/m0/s1. The third kappa shape index (κ3) is 6.17. The summed E-state index contributed by atoms with van der Waals surface area (Å²) in [6.45, 7) is 0.0325. The van der Waals surface area contributed by atoms with Crippen LogP contribution in [0.15, 0.2) is 35.2 Å². The molecule has 3 amide bonds. The Hall–Kier alpha value is -2.72. The molecule has 0 unspecified atom stereocenters. The molecular formula is C18H19N3O5S2. The molecule has 8 nitrogen and oxygen atoms in total. The number of nitrogens with zero attached hydrogens (tertiary/aromatic N) is 1. The lowest BCUT2D eigenvalue weighted by molar-refractivity contribution is -0.142. The molecule has 2 rings (SSSR count). The molecule has 0 bridgehead atoms. The highest BCUT2D eigenvalue weighted by atomic mass is 32.2. The fourth-order valence-electron chi connectivity index (χ4n) is 2.42. The zero-order valence-electron chi connectivity index (χ0n) is 14.8. The maximum Gasteiger partial charge on any atom is 0.326 e. The largest absolute Gasteiger partial charge is 0.480 e. The second-order valence-electron chi connectivity index (χ2n) is 5.96. The predicted molar refractivity (Wildman–Crippen MR) is 109 cm³/mol. The summed E-state index contributed by atoms with van der Waals surface area (Å²) in [7, 11) is 0. The van der Waals surface area contributed by atoms with Crippen LogP contribution in [0.25, 0.3) is 6.08 Å². The summed E-state index contributed by atoms with van der Waals surface area (Å²) in [4.78, 5) is 48.3. The number of nitrogens with one attached hydrogen (secondary N) is 1. The number of rotatable bonds is 9. The summed E-state index contributed by atoms with van der Waals surface area (Å²) in [5, 5.41) is 11.4. The van der Waals surface area contributed by atoms with E-state index >= 15 is 0 Å². The maximum absolute atomic E-state index is 12.5. The summed E-state index contributed by atoms with van der Waals surface area (Å²) in [6.07, 6.45) is 1.35. The quantitative estimate of drug-likeness (QED) is 0.402. The Balaban J connectivity index is 1.92. The molecule has 0 spiro atoms. The molecule has 1 aliphatic heterocycles. The highest BCUT2D eigenvalue weighted by Crippen LogP contribution is 2.32. The van der Waals surface area contributed by atoms with Gasteiger partial charge in [0.05, 0.1) is 4.91 Å². The van der Waals surface area contributed by atoms with Crippen LogP contribution in [0.3, 0.4) is 0 Å². The maximum atomic E-state index is 12.5. The van der Waals surface area contributed by atoms with Gasteiger partial charge in [0, 0.05) is 19.4 Å². The zero-order valence-corrected chi connectivity index (χ0v) is 16.4. The van der Waals surface area contributed by atoms with Crippen molar-refractivity contribution in [2.75, 3.05) is 6.54 Å². The first kappa shape index (κ1) is 21.6. The van der Waals surface area contributed by atoms with Crippen LogP contribution in [0.2, 0.25) is 0 Å². The SMILES string of the molecule is NC(=O)CC[C@H](NC(=O)CCN1C(=O)/C(=C\c2ccccc2)SC1=S)C(=O)O. The number of benzene rings is 1. The van der Waals surface area contributed by atoms with Gasteiger partial charge in [-0.15, -0.1) is 0 Å². The smallest absolute Gasteiger partial charge is 0.326 e. The van der Waals surface area contributed by atoms with Crippen LogP contribution in [0.5, 0.6) is 0 Å².